The zero-order chi connectivity index (χ0) is 19.9. The number of nitrogens with zero attached hydrogens (tertiary/aromatic N) is 2. The van der Waals surface area contributed by atoms with Gasteiger partial charge in [-0.1, -0.05) is 24.3 Å². The SMILES string of the molecule is COc1ccc(CN(CC(F)(F)F)C(=O)COc2ccccc2C#N)cc1. The fourth-order valence-corrected chi connectivity index (χ4v) is 2.32. The van der Waals surface area contributed by atoms with Crippen LogP contribution in [0.15, 0.2) is 48.5 Å². The fourth-order valence-electron chi connectivity index (χ4n) is 2.32. The van der Waals surface area contributed by atoms with Crippen molar-refractivity contribution in [1.29, 1.82) is 5.26 Å². The van der Waals surface area contributed by atoms with Gasteiger partial charge in [-0.15, -0.1) is 0 Å². The van der Waals surface area contributed by atoms with Gasteiger partial charge in [-0.05, 0) is 29.8 Å². The summed E-state index contributed by atoms with van der Waals surface area (Å²) in [6, 6.07) is 14.5. The number of rotatable bonds is 7. The number of halogens is 3. The molecule has 0 heterocycles. The second kappa shape index (κ2) is 8.94. The molecule has 2 rings (SSSR count). The first-order chi connectivity index (χ1) is 12.8. The molecule has 0 spiro atoms. The van der Waals surface area contributed by atoms with Crippen LogP contribution in [0.25, 0.3) is 0 Å². The van der Waals surface area contributed by atoms with Crippen LogP contribution in [0.3, 0.4) is 0 Å². The van der Waals surface area contributed by atoms with E-state index >= 15 is 0 Å². The number of para-hydroxylation sites is 1. The molecule has 0 fully saturated rings. The molecule has 0 radical (unpaired) electrons. The molecule has 0 aliphatic heterocycles. The van der Waals surface area contributed by atoms with Crippen LogP contribution in [0.1, 0.15) is 11.1 Å². The van der Waals surface area contributed by atoms with Crippen LogP contribution in [0, 0.1) is 11.3 Å². The normalized spacial score (nSPS) is 10.8. The Morgan fingerprint density at radius 2 is 1.81 bits per heavy atom. The van der Waals surface area contributed by atoms with Gasteiger partial charge in [0.15, 0.2) is 6.61 Å². The lowest BCUT2D eigenvalue weighted by molar-refractivity contribution is -0.163. The van der Waals surface area contributed by atoms with Crippen molar-refractivity contribution in [3.05, 3.63) is 59.7 Å². The number of alkyl halides is 3. The van der Waals surface area contributed by atoms with Crippen molar-refractivity contribution in [2.45, 2.75) is 12.7 Å². The van der Waals surface area contributed by atoms with E-state index in [0.29, 0.717) is 16.2 Å². The summed E-state index contributed by atoms with van der Waals surface area (Å²) in [6.07, 6.45) is -4.55. The minimum absolute atomic E-state index is 0.143. The maximum Gasteiger partial charge on any atom is 0.406 e. The van der Waals surface area contributed by atoms with Gasteiger partial charge in [-0.3, -0.25) is 4.79 Å². The number of benzene rings is 2. The van der Waals surface area contributed by atoms with Crippen molar-refractivity contribution in [2.75, 3.05) is 20.3 Å². The van der Waals surface area contributed by atoms with Crippen LogP contribution in [-0.4, -0.2) is 37.2 Å². The number of methoxy groups -OCH3 is 1. The van der Waals surface area contributed by atoms with E-state index in [9.17, 15) is 18.0 Å². The number of ether oxygens (including phenoxy) is 2. The number of carbonyl (C=O) groups excluding carboxylic acids is 1. The third-order valence-electron chi connectivity index (χ3n) is 3.61. The molecule has 0 atom stereocenters. The van der Waals surface area contributed by atoms with Gasteiger partial charge in [-0.2, -0.15) is 18.4 Å². The highest BCUT2D eigenvalue weighted by Gasteiger charge is 2.33. The maximum absolute atomic E-state index is 12.9. The first kappa shape index (κ1) is 20.1. The lowest BCUT2D eigenvalue weighted by atomic mass is 10.2. The third kappa shape index (κ3) is 6.22. The Kier molecular flexibility index (Phi) is 6.66. The molecule has 0 saturated heterocycles. The Morgan fingerprint density at radius 1 is 1.15 bits per heavy atom. The van der Waals surface area contributed by atoms with Crippen LogP contribution in [0.5, 0.6) is 11.5 Å². The average molecular weight is 378 g/mol. The summed E-state index contributed by atoms with van der Waals surface area (Å²) < 4.78 is 48.9. The molecular weight excluding hydrogens is 361 g/mol. The van der Waals surface area contributed by atoms with Crippen molar-refractivity contribution >= 4 is 5.91 Å². The van der Waals surface area contributed by atoms with Gasteiger partial charge in [0.25, 0.3) is 5.91 Å². The molecule has 0 N–H and O–H groups in total. The van der Waals surface area contributed by atoms with Crippen molar-refractivity contribution in [1.82, 2.24) is 4.90 Å². The molecule has 2 aromatic carbocycles. The molecule has 2 aromatic rings. The topological polar surface area (TPSA) is 62.6 Å². The minimum atomic E-state index is -4.55. The van der Waals surface area contributed by atoms with E-state index in [2.05, 4.69) is 0 Å². The summed E-state index contributed by atoms with van der Waals surface area (Å²) in [7, 11) is 1.48. The molecule has 0 unspecified atom stereocenters. The van der Waals surface area contributed by atoms with Crippen LogP contribution in [-0.2, 0) is 11.3 Å². The van der Waals surface area contributed by atoms with E-state index in [1.807, 2.05) is 6.07 Å². The predicted octanol–water partition coefficient (Wildman–Crippen LogP) is 3.54. The number of amides is 1. The Morgan fingerprint density at radius 3 is 2.41 bits per heavy atom. The monoisotopic (exact) mass is 378 g/mol. The number of hydrogen-bond donors (Lipinski definition) is 0. The minimum Gasteiger partial charge on any atom is -0.497 e. The van der Waals surface area contributed by atoms with Gasteiger partial charge in [0, 0.05) is 6.54 Å². The van der Waals surface area contributed by atoms with Crippen molar-refractivity contribution < 1.29 is 27.4 Å². The highest BCUT2D eigenvalue weighted by atomic mass is 19.4. The zero-order valence-corrected chi connectivity index (χ0v) is 14.5. The highest BCUT2D eigenvalue weighted by molar-refractivity contribution is 5.78. The molecule has 0 bridgehead atoms. The second-order valence-electron chi connectivity index (χ2n) is 5.61. The average Bonchev–Trinajstić information content (AvgIpc) is 2.65. The molecule has 27 heavy (non-hydrogen) atoms. The van der Waals surface area contributed by atoms with Gasteiger partial charge in [0.05, 0.1) is 12.7 Å². The summed E-state index contributed by atoms with van der Waals surface area (Å²) in [5, 5.41) is 9.00. The van der Waals surface area contributed by atoms with Crippen LogP contribution < -0.4 is 9.47 Å². The number of carbonyl (C=O) groups is 1. The largest absolute Gasteiger partial charge is 0.497 e. The molecule has 0 aliphatic carbocycles. The molecule has 1 amide bonds. The maximum atomic E-state index is 12.9. The lowest BCUT2D eigenvalue weighted by Gasteiger charge is -2.24. The van der Waals surface area contributed by atoms with Gasteiger partial charge >= 0.3 is 6.18 Å². The molecule has 5 nitrogen and oxygen atoms in total. The summed E-state index contributed by atoms with van der Waals surface area (Å²) in [4.78, 5) is 13.0. The first-order valence-electron chi connectivity index (χ1n) is 7.92. The van der Waals surface area contributed by atoms with E-state index in [1.54, 1.807) is 36.4 Å². The van der Waals surface area contributed by atoms with Crippen LogP contribution >= 0.6 is 0 Å². The summed E-state index contributed by atoms with van der Waals surface area (Å²) in [5.41, 5.74) is 0.716. The lowest BCUT2D eigenvalue weighted by Crippen LogP contribution is -2.41. The molecule has 0 aliphatic rings. The smallest absolute Gasteiger partial charge is 0.406 e. The number of hydrogen-bond acceptors (Lipinski definition) is 4. The summed E-state index contributed by atoms with van der Waals surface area (Å²) in [5.74, 6) is -0.135. The standard InChI is InChI=1S/C19H17F3N2O3/c1-26-16-8-6-14(7-9-16)11-24(13-19(20,21)22)18(25)12-27-17-5-3-2-4-15(17)10-23/h2-9H,11-13H2,1H3. The van der Waals surface area contributed by atoms with E-state index < -0.39 is 25.2 Å². The zero-order valence-electron chi connectivity index (χ0n) is 14.5. The number of nitriles is 1. The first-order valence-corrected chi connectivity index (χ1v) is 7.92. The molecule has 142 valence electrons. The predicted molar refractivity (Wildman–Crippen MR) is 91.1 cm³/mol. The van der Waals surface area contributed by atoms with Crippen LogP contribution in [0.2, 0.25) is 0 Å². The van der Waals surface area contributed by atoms with Gasteiger partial charge in [0.2, 0.25) is 0 Å². The fraction of sp³-hybridized carbons (Fsp3) is 0.263. The molecule has 0 saturated carbocycles. The molecular formula is C19H17F3N2O3. The second-order valence-corrected chi connectivity index (χ2v) is 5.61. The Bertz CT molecular complexity index is 814. The molecule has 0 aromatic heterocycles. The Labute approximate surface area is 154 Å². The van der Waals surface area contributed by atoms with Gasteiger partial charge < -0.3 is 14.4 Å². The summed E-state index contributed by atoms with van der Waals surface area (Å²) in [6.45, 7) is -2.24. The summed E-state index contributed by atoms with van der Waals surface area (Å²) >= 11 is 0. The van der Waals surface area contributed by atoms with E-state index in [0.717, 1.165) is 0 Å². The third-order valence-corrected chi connectivity index (χ3v) is 3.61. The Balaban J connectivity index is 2.09. The highest BCUT2D eigenvalue weighted by Crippen LogP contribution is 2.21. The van der Waals surface area contributed by atoms with Gasteiger partial charge in [0.1, 0.15) is 24.1 Å². The van der Waals surface area contributed by atoms with Gasteiger partial charge in [-0.25, -0.2) is 0 Å². The van der Waals surface area contributed by atoms with Crippen molar-refractivity contribution in [3.63, 3.8) is 0 Å². The van der Waals surface area contributed by atoms with E-state index in [4.69, 9.17) is 14.7 Å². The Hall–Kier alpha value is -3.21. The van der Waals surface area contributed by atoms with E-state index in [-0.39, 0.29) is 17.9 Å². The van der Waals surface area contributed by atoms with Crippen LogP contribution in [0.4, 0.5) is 13.2 Å². The molecule has 8 heteroatoms. The van der Waals surface area contributed by atoms with Crippen molar-refractivity contribution in [2.24, 2.45) is 0 Å². The van der Waals surface area contributed by atoms with E-state index in [1.165, 1.54) is 19.2 Å². The quantitative estimate of drug-likeness (QED) is 0.739. The van der Waals surface area contributed by atoms with Crippen molar-refractivity contribution in [3.8, 4) is 17.6 Å².